The number of hydrogen-bond donors (Lipinski definition) is 1. The van der Waals surface area contributed by atoms with Crippen molar-refractivity contribution in [1.29, 1.82) is 0 Å². The molecule has 0 radical (unpaired) electrons. The molecular formula is C21H25ClN2O. The molecule has 0 atom stereocenters. The van der Waals surface area contributed by atoms with E-state index in [1.54, 1.807) is 6.07 Å². The van der Waals surface area contributed by atoms with Crippen LogP contribution in [0, 0.1) is 6.92 Å². The van der Waals surface area contributed by atoms with Crippen molar-refractivity contribution in [2.45, 2.75) is 57.9 Å². The summed E-state index contributed by atoms with van der Waals surface area (Å²) in [6.07, 6.45) is 7.79. The van der Waals surface area contributed by atoms with Crippen LogP contribution in [0.2, 0.25) is 5.02 Å². The summed E-state index contributed by atoms with van der Waals surface area (Å²) in [7, 11) is 0. The molecule has 1 aromatic carbocycles. The second-order valence-electron chi connectivity index (χ2n) is 6.92. The molecule has 25 heavy (non-hydrogen) atoms. The van der Waals surface area contributed by atoms with E-state index in [4.69, 9.17) is 11.6 Å². The van der Waals surface area contributed by atoms with Gasteiger partial charge in [0.05, 0.1) is 0 Å². The van der Waals surface area contributed by atoms with Crippen LogP contribution in [0.3, 0.4) is 0 Å². The van der Waals surface area contributed by atoms with Crippen LogP contribution in [0.25, 0.3) is 0 Å². The molecule has 1 saturated carbocycles. The van der Waals surface area contributed by atoms with E-state index in [0.29, 0.717) is 12.1 Å². The van der Waals surface area contributed by atoms with Gasteiger partial charge in [0.1, 0.15) is 5.69 Å². The smallest absolute Gasteiger partial charge is 0.270 e. The summed E-state index contributed by atoms with van der Waals surface area (Å²) < 4.78 is 0. The second kappa shape index (κ2) is 8.48. The number of rotatable bonds is 4. The first-order valence-corrected chi connectivity index (χ1v) is 9.51. The Hall–Kier alpha value is -1.87. The van der Waals surface area contributed by atoms with Gasteiger partial charge in [-0.15, -0.1) is 0 Å². The van der Waals surface area contributed by atoms with Crippen molar-refractivity contribution in [1.82, 2.24) is 10.3 Å². The van der Waals surface area contributed by atoms with Crippen LogP contribution in [0.15, 0.2) is 36.4 Å². The summed E-state index contributed by atoms with van der Waals surface area (Å²) in [5.41, 5.74) is 3.71. The molecule has 0 unspecified atom stereocenters. The molecule has 1 aliphatic rings. The van der Waals surface area contributed by atoms with E-state index in [0.717, 1.165) is 29.1 Å². The minimum Gasteiger partial charge on any atom is -0.348 e. The zero-order chi connectivity index (χ0) is 17.6. The molecule has 1 heterocycles. The number of aromatic nitrogens is 1. The van der Waals surface area contributed by atoms with E-state index in [1.807, 2.05) is 30.3 Å². The minimum atomic E-state index is -0.0587. The summed E-state index contributed by atoms with van der Waals surface area (Å²) >= 11 is 6.10. The standard InChI is InChI=1S/C21H25ClN2O/c1-15-11-12-17(22)13-16(15)14-19-9-6-10-20(23-19)21(25)24-18-7-4-2-3-5-8-18/h6,9-13,18H,2-5,7-8,14H2,1H3,(H,24,25). The predicted molar refractivity (Wildman–Crippen MR) is 102 cm³/mol. The van der Waals surface area contributed by atoms with Gasteiger partial charge in [-0.25, -0.2) is 4.98 Å². The number of hydrogen-bond acceptors (Lipinski definition) is 2. The van der Waals surface area contributed by atoms with Crippen molar-refractivity contribution in [3.05, 3.63) is 63.9 Å². The van der Waals surface area contributed by atoms with Crippen LogP contribution in [0.4, 0.5) is 0 Å². The maximum absolute atomic E-state index is 12.6. The molecule has 0 spiro atoms. The average Bonchev–Trinajstić information content (AvgIpc) is 2.87. The molecular weight excluding hydrogens is 332 g/mol. The van der Waals surface area contributed by atoms with E-state index >= 15 is 0 Å². The first-order chi connectivity index (χ1) is 12.1. The number of pyridine rings is 1. The molecule has 2 aromatic rings. The topological polar surface area (TPSA) is 42.0 Å². The SMILES string of the molecule is Cc1ccc(Cl)cc1Cc1cccc(C(=O)NC2CCCCCC2)n1. The molecule has 1 amide bonds. The van der Waals surface area contributed by atoms with Gasteiger partial charge < -0.3 is 5.32 Å². The van der Waals surface area contributed by atoms with E-state index in [1.165, 1.54) is 31.2 Å². The summed E-state index contributed by atoms with van der Waals surface area (Å²) in [6.45, 7) is 2.06. The van der Waals surface area contributed by atoms with E-state index < -0.39 is 0 Å². The van der Waals surface area contributed by atoms with E-state index in [-0.39, 0.29) is 11.9 Å². The Morgan fingerprint density at radius 1 is 1.16 bits per heavy atom. The minimum absolute atomic E-state index is 0.0587. The van der Waals surface area contributed by atoms with E-state index in [2.05, 4.69) is 17.2 Å². The summed E-state index contributed by atoms with van der Waals surface area (Å²) in [5, 5.41) is 3.89. The molecule has 0 aliphatic heterocycles. The maximum atomic E-state index is 12.6. The van der Waals surface area contributed by atoms with Gasteiger partial charge in [0.2, 0.25) is 0 Å². The highest BCUT2D eigenvalue weighted by molar-refractivity contribution is 6.30. The largest absolute Gasteiger partial charge is 0.348 e. The van der Waals surface area contributed by atoms with Crippen LogP contribution in [0.5, 0.6) is 0 Å². The number of carbonyl (C=O) groups excluding carboxylic acids is 1. The Bertz CT molecular complexity index is 736. The molecule has 3 nitrogen and oxygen atoms in total. The maximum Gasteiger partial charge on any atom is 0.270 e. The van der Waals surface area contributed by atoms with E-state index in [9.17, 15) is 4.79 Å². The first kappa shape index (κ1) is 17.9. The zero-order valence-corrected chi connectivity index (χ0v) is 15.5. The summed E-state index contributed by atoms with van der Waals surface area (Å²) in [4.78, 5) is 17.1. The van der Waals surface area contributed by atoms with Crippen LogP contribution < -0.4 is 5.32 Å². The Morgan fingerprint density at radius 2 is 1.92 bits per heavy atom. The van der Waals surface area contributed by atoms with Crippen LogP contribution in [-0.2, 0) is 6.42 Å². The van der Waals surface area contributed by atoms with Gasteiger partial charge in [0.25, 0.3) is 5.91 Å². The van der Waals surface area contributed by atoms with Gasteiger partial charge in [-0.3, -0.25) is 4.79 Å². The molecule has 0 saturated heterocycles. The lowest BCUT2D eigenvalue weighted by molar-refractivity contribution is 0.0928. The third-order valence-electron chi connectivity index (χ3n) is 4.91. The molecule has 4 heteroatoms. The summed E-state index contributed by atoms with van der Waals surface area (Å²) in [6, 6.07) is 11.8. The number of amides is 1. The molecule has 0 bridgehead atoms. The fraction of sp³-hybridized carbons (Fsp3) is 0.429. The van der Waals surface area contributed by atoms with Gasteiger partial charge in [-0.1, -0.05) is 49.4 Å². The van der Waals surface area contributed by atoms with Gasteiger partial charge in [-0.2, -0.15) is 0 Å². The third-order valence-corrected chi connectivity index (χ3v) is 5.15. The van der Waals surface area contributed by atoms with Crippen molar-refractivity contribution >= 4 is 17.5 Å². The summed E-state index contributed by atoms with van der Waals surface area (Å²) in [5.74, 6) is -0.0587. The Kier molecular flexibility index (Phi) is 6.09. The Morgan fingerprint density at radius 3 is 2.68 bits per heavy atom. The molecule has 132 valence electrons. The van der Waals surface area contributed by atoms with Crippen molar-refractivity contribution in [3.8, 4) is 0 Å². The average molecular weight is 357 g/mol. The number of nitrogens with one attached hydrogen (secondary N) is 1. The molecule has 1 N–H and O–H groups in total. The van der Waals surface area contributed by atoms with Crippen LogP contribution >= 0.6 is 11.6 Å². The van der Waals surface area contributed by atoms with Gasteiger partial charge in [0.15, 0.2) is 0 Å². The Labute approximate surface area is 154 Å². The van der Waals surface area contributed by atoms with Crippen molar-refractivity contribution in [2.75, 3.05) is 0 Å². The highest BCUT2D eigenvalue weighted by Crippen LogP contribution is 2.19. The lowest BCUT2D eigenvalue weighted by Gasteiger charge is -2.16. The molecule has 3 rings (SSSR count). The number of nitrogens with zero attached hydrogens (tertiary/aromatic N) is 1. The van der Waals surface area contributed by atoms with Crippen molar-refractivity contribution < 1.29 is 4.79 Å². The monoisotopic (exact) mass is 356 g/mol. The van der Waals surface area contributed by atoms with Crippen LogP contribution in [0.1, 0.15) is 65.8 Å². The normalized spacial score (nSPS) is 15.6. The lowest BCUT2D eigenvalue weighted by Crippen LogP contribution is -2.35. The van der Waals surface area contributed by atoms with Crippen molar-refractivity contribution in [3.63, 3.8) is 0 Å². The quantitative estimate of drug-likeness (QED) is 0.775. The highest BCUT2D eigenvalue weighted by Gasteiger charge is 2.16. The fourth-order valence-electron chi connectivity index (χ4n) is 3.41. The number of halogens is 1. The number of aryl methyl sites for hydroxylation is 1. The third kappa shape index (κ3) is 5.05. The molecule has 1 aromatic heterocycles. The predicted octanol–water partition coefficient (Wildman–Crippen LogP) is 5.09. The number of carbonyl (C=O) groups is 1. The van der Waals surface area contributed by atoms with Crippen molar-refractivity contribution in [2.24, 2.45) is 0 Å². The number of benzene rings is 1. The van der Waals surface area contributed by atoms with Gasteiger partial charge in [-0.05, 0) is 55.2 Å². The van der Waals surface area contributed by atoms with Gasteiger partial charge in [0, 0.05) is 23.2 Å². The zero-order valence-electron chi connectivity index (χ0n) is 14.7. The highest BCUT2D eigenvalue weighted by atomic mass is 35.5. The Balaban J connectivity index is 1.70. The van der Waals surface area contributed by atoms with Gasteiger partial charge >= 0.3 is 0 Å². The molecule has 1 fully saturated rings. The second-order valence-corrected chi connectivity index (χ2v) is 7.36. The van der Waals surface area contributed by atoms with Crippen LogP contribution in [-0.4, -0.2) is 16.9 Å². The lowest BCUT2D eigenvalue weighted by atomic mass is 10.0. The molecule has 1 aliphatic carbocycles. The first-order valence-electron chi connectivity index (χ1n) is 9.13. The fourth-order valence-corrected chi connectivity index (χ4v) is 3.61.